The fourth-order valence-corrected chi connectivity index (χ4v) is 6.87. The topological polar surface area (TPSA) is 79.6 Å². The molecule has 2 heterocycles. The summed E-state index contributed by atoms with van der Waals surface area (Å²) in [4.78, 5) is 41.2. The number of benzene rings is 2. The van der Waals surface area contributed by atoms with Crippen molar-refractivity contribution in [3.8, 4) is 11.1 Å². The van der Waals surface area contributed by atoms with Crippen LogP contribution in [0.15, 0.2) is 41.3 Å². The maximum atomic E-state index is 15.8. The maximum Gasteiger partial charge on any atom is 0.303 e. The van der Waals surface area contributed by atoms with Crippen LogP contribution < -0.4 is 5.56 Å². The third-order valence-electron chi connectivity index (χ3n) is 8.95. The number of halogens is 3. The third kappa shape index (κ3) is 8.35. The van der Waals surface area contributed by atoms with E-state index in [4.69, 9.17) is 0 Å². The molecule has 1 unspecified atom stereocenters. The first-order valence-corrected chi connectivity index (χ1v) is 16.0. The van der Waals surface area contributed by atoms with E-state index in [0.717, 1.165) is 38.5 Å². The number of hydrogen-bond acceptors (Lipinski definition) is 4. The highest BCUT2D eigenvalue weighted by molar-refractivity contribution is 5.84. The highest BCUT2D eigenvalue weighted by Gasteiger charge is 2.31. The van der Waals surface area contributed by atoms with Crippen LogP contribution in [0.1, 0.15) is 84.9 Å². The number of nitrogens with zero attached hydrogens (tertiary/aromatic N) is 2. The number of carboxylic acids is 1. The van der Waals surface area contributed by atoms with Crippen LogP contribution in [0.4, 0.5) is 13.2 Å². The fraction of sp³-hybridized carbons (Fsp3) is 0.486. The number of hydrogen-bond donors (Lipinski definition) is 1. The Balaban J connectivity index is 1.71. The summed E-state index contributed by atoms with van der Waals surface area (Å²) in [5.74, 6) is -4.31. The van der Waals surface area contributed by atoms with Gasteiger partial charge in [0.2, 0.25) is 0 Å². The van der Waals surface area contributed by atoms with E-state index in [0.29, 0.717) is 43.6 Å². The molecule has 0 radical (unpaired) electrons. The van der Waals surface area contributed by atoms with Gasteiger partial charge in [0, 0.05) is 38.2 Å². The molecule has 1 aliphatic heterocycles. The zero-order chi connectivity index (χ0) is 33.9. The quantitative estimate of drug-likeness (QED) is 0.211. The number of carbonyl (C=O) groups excluding carboxylic acids is 1. The molecule has 3 atom stereocenters. The van der Waals surface area contributed by atoms with E-state index in [-0.39, 0.29) is 24.3 Å². The molecule has 0 saturated carbocycles. The number of ketones is 1. The van der Waals surface area contributed by atoms with E-state index >= 15 is 8.78 Å². The molecule has 6 nitrogen and oxygen atoms in total. The zero-order valence-electron chi connectivity index (χ0n) is 27.6. The average molecular weight is 639 g/mol. The second kappa shape index (κ2) is 14.8. The molecule has 1 N–H and O–H groups in total. The molecule has 248 valence electrons. The lowest BCUT2D eigenvalue weighted by molar-refractivity contribution is -0.137. The number of aryl methyl sites for hydroxylation is 4. The first-order valence-electron chi connectivity index (χ1n) is 16.0. The molecule has 1 fully saturated rings. The molecule has 2 aromatic carbocycles. The number of Topliss-reactive ketones (excluding diaryl/α,β-unsaturated/α-hetero) is 1. The Kier molecular flexibility index (Phi) is 11.3. The molecule has 0 aliphatic carbocycles. The third-order valence-corrected chi connectivity index (χ3v) is 8.95. The summed E-state index contributed by atoms with van der Waals surface area (Å²) in [5.41, 5.74) is 4.73. The molecule has 1 aliphatic rings. The molecular weight excluding hydrogens is 593 g/mol. The van der Waals surface area contributed by atoms with Gasteiger partial charge in [-0.15, -0.1) is 0 Å². The highest BCUT2D eigenvalue weighted by atomic mass is 19.1. The minimum Gasteiger partial charge on any atom is -0.481 e. The molecular formula is C37H45F3N2O4. The van der Waals surface area contributed by atoms with Gasteiger partial charge in [0.25, 0.3) is 5.56 Å². The standard InChI is InChI=1S/C37H45F3N2O4/c1-21(2)11-32(42-19-26(15-31(39)37(42)46)7-9-41-10-8-29(38)20-41)33(43)17-27(18-34(44)45)30-16-28(14-25(6)36(30)40)35-23(4)12-22(3)13-24(35)5/h12-16,19,21,27,29,32H,7-11,17-18,20H2,1-6H3,(H,44,45)/t27-,29+,32?/m0/s1. The first kappa shape index (κ1) is 35.1. The Hall–Kier alpha value is -3.72. The monoisotopic (exact) mass is 638 g/mol. The van der Waals surface area contributed by atoms with Gasteiger partial charge in [-0.3, -0.25) is 14.4 Å². The van der Waals surface area contributed by atoms with Gasteiger partial charge >= 0.3 is 5.97 Å². The van der Waals surface area contributed by atoms with Crippen LogP contribution >= 0.6 is 0 Å². The zero-order valence-corrected chi connectivity index (χ0v) is 27.6. The van der Waals surface area contributed by atoms with Crippen molar-refractivity contribution in [1.82, 2.24) is 9.47 Å². The largest absolute Gasteiger partial charge is 0.481 e. The van der Waals surface area contributed by atoms with Crippen molar-refractivity contribution in [1.29, 1.82) is 0 Å². The van der Waals surface area contributed by atoms with E-state index in [9.17, 15) is 23.9 Å². The predicted molar refractivity (Wildman–Crippen MR) is 174 cm³/mol. The summed E-state index contributed by atoms with van der Waals surface area (Å²) in [6.45, 7) is 12.7. The maximum absolute atomic E-state index is 15.8. The molecule has 1 saturated heterocycles. The van der Waals surface area contributed by atoms with Crippen molar-refractivity contribution in [2.75, 3.05) is 19.6 Å². The number of carbonyl (C=O) groups is 2. The smallest absolute Gasteiger partial charge is 0.303 e. The second-order valence-corrected chi connectivity index (χ2v) is 13.4. The summed E-state index contributed by atoms with van der Waals surface area (Å²) < 4.78 is 45.6. The lowest BCUT2D eigenvalue weighted by atomic mass is 9.83. The van der Waals surface area contributed by atoms with Crippen LogP contribution in [0.2, 0.25) is 0 Å². The number of alkyl halides is 1. The van der Waals surface area contributed by atoms with Crippen LogP contribution in [0.5, 0.6) is 0 Å². The number of likely N-dealkylation sites (tertiary alicyclic amines) is 1. The summed E-state index contributed by atoms with van der Waals surface area (Å²) in [5, 5.41) is 9.84. The van der Waals surface area contributed by atoms with E-state index < -0.39 is 53.5 Å². The van der Waals surface area contributed by atoms with Gasteiger partial charge in [-0.25, -0.2) is 13.2 Å². The number of aliphatic carboxylic acids is 1. The van der Waals surface area contributed by atoms with Crippen molar-refractivity contribution < 1.29 is 27.9 Å². The van der Waals surface area contributed by atoms with Gasteiger partial charge in [0.1, 0.15) is 12.0 Å². The highest BCUT2D eigenvalue weighted by Crippen LogP contribution is 2.37. The van der Waals surface area contributed by atoms with Crippen molar-refractivity contribution in [2.45, 2.75) is 91.8 Å². The van der Waals surface area contributed by atoms with E-state index in [1.807, 2.05) is 51.7 Å². The van der Waals surface area contributed by atoms with E-state index in [1.165, 1.54) is 6.20 Å². The fourth-order valence-electron chi connectivity index (χ4n) is 6.87. The molecule has 0 amide bonds. The van der Waals surface area contributed by atoms with Crippen molar-refractivity contribution >= 4 is 11.8 Å². The normalized spacial score (nSPS) is 16.6. The summed E-state index contributed by atoms with van der Waals surface area (Å²) in [7, 11) is 0. The molecule has 1 aromatic heterocycles. The van der Waals surface area contributed by atoms with E-state index in [2.05, 4.69) is 0 Å². The van der Waals surface area contributed by atoms with Crippen LogP contribution in [0.3, 0.4) is 0 Å². The lowest BCUT2D eigenvalue weighted by Crippen LogP contribution is -2.34. The van der Waals surface area contributed by atoms with Gasteiger partial charge in [-0.2, -0.15) is 0 Å². The van der Waals surface area contributed by atoms with Gasteiger partial charge in [0.15, 0.2) is 11.6 Å². The molecule has 0 bridgehead atoms. The second-order valence-electron chi connectivity index (χ2n) is 13.4. The van der Waals surface area contributed by atoms with Gasteiger partial charge < -0.3 is 14.6 Å². The minimum atomic E-state index is -1.19. The number of carboxylic acid groups (broad SMARTS) is 1. The first-order chi connectivity index (χ1) is 21.6. The average Bonchev–Trinajstić information content (AvgIpc) is 3.37. The number of rotatable bonds is 13. The molecule has 0 spiro atoms. The van der Waals surface area contributed by atoms with Crippen molar-refractivity contribution in [2.24, 2.45) is 5.92 Å². The Labute approximate surface area is 269 Å². The number of pyridine rings is 1. The van der Waals surface area contributed by atoms with Gasteiger partial charge in [-0.1, -0.05) is 31.5 Å². The summed E-state index contributed by atoms with van der Waals surface area (Å²) in [6, 6.07) is 7.51. The predicted octanol–water partition coefficient (Wildman–Crippen LogP) is 7.42. The Bertz CT molecular complexity index is 1640. The van der Waals surface area contributed by atoms with Gasteiger partial charge in [-0.05, 0) is 110 Å². The molecule has 3 aromatic rings. The van der Waals surface area contributed by atoms with Crippen LogP contribution in [-0.2, 0) is 16.0 Å². The Morgan fingerprint density at radius 2 is 1.65 bits per heavy atom. The SMILES string of the molecule is Cc1cc(C)c(-c2cc(C)c(F)c([C@H](CC(=O)O)CC(=O)C(CC(C)C)n3cc(CCN4CC[C@@H](F)C4)cc(F)c3=O)c2)c(C)c1. The lowest BCUT2D eigenvalue weighted by Gasteiger charge is -2.25. The van der Waals surface area contributed by atoms with Gasteiger partial charge in [0.05, 0.1) is 12.5 Å². The molecule has 4 rings (SSSR count). The van der Waals surface area contributed by atoms with Crippen molar-refractivity contribution in [3.05, 3.63) is 91.9 Å². The molecule has 9 heteroatoms. The Morgan fingerprint density at radius 3 is 2.24 bits per heavy atom. The summed E-state index contributed by atoms with van der Waals surface area (Å²) in [6.07, 6.45) is 0.768. The van der Waals surface area contributed by atoms with Crippen LogP contribution in [0.25, 0.3) is 11.1 Å². The van der Waals surface area contributed by atoms with Crippen LogP contribution in [0, 0.1) is 45.2 Å². The molecule has 46 heavy (non-hydrogen) atoms. The minimum absolute atomic E-state index is 0.0635. The van der Waals surface area contributed by atoms with Crippen molar-refractivity contribution in [3.63, 3.8) is 0 Å². The number of aromatic nitrogens is 1. The van der Waals surface area contributed by atoms with Crippen LogP contribution in [-0.4, -0.2) is 52.1 Å². The summed E-state index contributed by atoms with van der Waals surface area (Å²) >= 11 is 0. The Morgan fingerprint density at radius 1 is 0.978 bits per heavy atom. The van der Waals surface area contributed by atoms with E-state index in [1.54, 1.807) is 19.1 Å².